The number of pyridine rings is 1. The SMILES string of the molecule is COc1ccc(-c2nc(-c3ccncc3)nn2CCN(C(=O)Nc2ccc(C)c(C)c2)C2CCCC2)cc1Cl. The lowest BCUT2D eigenvalue weighted by atomic mass is 10.1. The lowest BCUT2D eigenvalue weighted by Crippen LogP contribution is -2.43. The molecule has 4 aromatic rings. The Balaban J connectivity index is 1.43. The molecule has 1 aliphatic carbocycles. The minimum Gasteiger partial charge on any atom is -0.495 e. The molecule has 1 fully saturated rings. The third kappa shape index (κ3) is 6.06. The fourth-order valence-electron chi connectivity index (χ4n) is 5.02. The maximum Gasteiger partial charge on any atom is 0.322 e. The van der Waals surface area contributed by atoms with Crippen molar-refractivity contribution in [1.29, 1.82) is 0 Å². The summed E-state index contributed by atoms with van der Waals surface area (Å²) in [6.45, 7) is 5.10. The molecule has 1 saturated carbocycles. The average molecular weight is 545 g/mol. The molecule has 1 aliphatic rings. The van der Waals surface area contributed by atoms with Crippen LogP contribution in [0.3, 0.4) is 0 Å². The Bertz CT molecular complexity index is 1450. The zero-order valence-electron chi connectivity index (χ0n) is 22.5. The van der Waals surface area contributed by atoms with Crippen molar-refractivity contribution >= 4 is 23.3 Å². The summed E-state index contributed by atoms with van der Waals surface area (Å²) in [4.78, 5) is 24.5. The summed E-state index contributed by atoms with van der Waals surface area (Å²) in [5.74, 6) is 1.86. The largest absolute Gasteiger partial charge is 0.495 e. The Labute approximate surface area is 234 Å². The summed E-state index contributed by atoms with van der Waals surface area (Å²) in [6.07, 6.45) is 7.70. The average Bonchev–Trinajstić information content (AvgIpc) is 3.62. The normalized spacial score (nSPS) is 13.4. The van der Waals surface area contributed by atoms with Crippen LogP contribution in [-0.2, 0) is 6.54 Å². The first-order valence-electron chi connectivity index (χ1n) is 13.3. The highest BCUT2D eigenvalue weighted by atomic mass is 35.5. The summed E-state index contributed by atoms with van der Waals surface area (Å²) < 4.78 is 7.19. The van der Waals surface area contributed by atoms with Gasteiger partial charge in [-0.1, -0.05) is 30.5 Å². The van der Waals surface area contributed by atoms with Crippen LogP contribution in [0.1, 0.15) is 36.8 Å². The van der Waals surface area contributed by atoms with Crippen LogP contribution in [0.2, 0.25) is 5.02 Å². The third-order valence-corrected chi connectivity index (χ3v) is 7.65. The number of amides is 2. The van der Waals surface area contributed by atoms with E-state index in [1.807, 2.05) is 58.1 Å². The van der Waals surface area contributed by atoms with Crippen molar-refractivity contribution in [1.82, 2.24) is 24.6 Å². The Morgan fingerprint density at radius 1 is 1.05 bits per heavy atom. The number of ether oxygens (including phenoxy) is 1. The number of methoxy groups -OCH3 is 1. The molecule has 9 heteroatoms. The van der Waals surface area contributed by atoms with Gasteiger partial charge in [0.2, 0.25) is 0 Å². The predicted molar refractivity (Wildman–Crippen MR) is 154 cm³/mol. The summed E-state index contributed by atoms with van der Waals surface area (Å²) in [6, 6.07) is 15.4. The maximum atomic E-state index is 13.5. The van der Waals surface area contributed by atoms with E-state index in [1.165, 1.54) is 5.56 Å². The number of aryl methyl sites for hydroxylation is 2. The number of nitrogens with zero attached hydrogens (tertiary/aromatic N) is 5. The second-order valence-electron chi connectivity index (χ2n) is 9.93. The molecule has 5 rings (SSSR count). The number of aromatic nitrogens is 4. The third-order valence-electron chi connectivity index (χ3n) is 7.36. The first kappa shape index (κ1) is 26.7. The van der Waals surface area contributed by atoms with E-state index in [1.54, 1.807) is 19.5 Å². The van der Waals surface area contributed by atoms with Gasteiger partial charge in [-0.05, 0) is 80.3 Å². The Morgan fingerprint density at radius 3 is 2.51 bits per heavy atom. The summed E-state index contributed by atoms with van der Waals surface area (Å²) in [5, 5.41) is 8.46. The van der Waals surface area contributed by atoms with E-state index in [0.29, 0.717) is 35.5 Å². The molecule has 202 valence electrons. The first-order valence-corrected chi connectivity index (χ1v) is 13.6. The Morgan fingerprint density at radius 2 is 1.82 bits per heavy atom. The van der Waals surface area contributed by atoms with Crippen molar-refractivity contribution in [2.45, 2.75) is 52.1 Å². The van der Waals surface area contributed by atoms with Crippen LogP contribution >= 0.6 is 11.6 Å². The van der Waals surface area contributed by atoms with Crippen LogP contribution in [0.5, 0.6) is 5.75 Å². The highest BCUT2D eigenvalue weighted by Gasteiger charge is 2.27. The molecule has 8 nitrogen and oxygen atoms in total. The topological polar surface area (TPSA) is 85.2 Å². The molecule has 0 spiro atoms. The summed E-state index contributed by atoms with van der Waals surface area (Å²) in [7, 11) is 1.59. The zero-order chi connectivity index (χ0) is 27.4. The van der Waals surface area contributed by atoms with E-state index < -0.39 is 0 Å². The lowest BCUT2D eigenvalue weighted by molar-refractivity contribution is 0.184. The summed E-state index contributed by atoms with van der Waals surface area (Å²) >= 11 is 6.46. The Hall–Kier alpha value is -3.91. The Kier molecular flexibility index (Phi) is 8.12. The molecule has 0 atom stereocenters. The number of rotatable bonds is 8. The van der Waals surface area contributed by atoms with E-state index in [-0.39, 0.29) is 12.1 Å². The van der Waals surface area contributed by atoms with Crippen molar-refractivity contribution in [2.24, 2.45) is 0 Å². The number of anilines is 1. The number of benzene rings is 2. The molecule has 1 N–H and O–H groups in total. The highest BCUT2D eigenvalue weighted by molar-refractivity contribution is 6.32. The molecular formula is C30H33ClN6O2. The van der Waals surface area contributed by atoms with Crippen LogP contribution in [0, 0.1) is 13.8 Å². The van der Waals surface area contributed by atoms with Gasteiger partial charge in [0.05, 0.1) is 18.7 Å². The van der Waals surface area contributed by atoms with Gasteiger partial charge in [-0.15, -0.1) is 0 Å². The van der Waals surface area contributed by atoms with E-state index in [2.05, 4.69) is 24.1 Å². The number of hydrogen-bond donors (Lipinski definition) is 1. The highest BCUT2D eigenvalue weighted by Crippen LogP contribution is 2.31. The van der Waals surface area contributed by atoms with Gasteiger partial charge < -0.3 is 15.0 Å². The van der Waals surface area contributed by atoms with Crippen LogP contribution in [0.15, 0.2) is 60.9 Å². The predicted octanol–water partition coefficient (Wildman–Crippen LogP) is 6.76. The number of carbonyl (C=O) groups excluding carboxylic acids is 1. The molecule has 0 radical (unpaired) electrons. The number of urea groups is 1. The maximum absolute atomic E-state index is 13.5. The van der Waals surface area contributed by atoms with Gasteiger partial charge in [0.15, 0.2) is 11.6 Å². The number of nitrogens with one attached hydrogen (secondary N) is 1. The molecule has 2 heterocycles. The van der Waals surface area contributed by atoms with Crippen molar-refractivity contribution < 1.29 is 9.53 Å². The molecular weight excluding hydrogens is 512 g/mol. The van der Waals surface area contributed by atoms with Crippen LogP contribution in [0.4, 0.5) is 10.5 Å². The molecule has 2 aromatic heterocycles. The van der Waals surface area contributed by atoms with Crippen molar-refractivity contribution in [3.8, 4) is 28.5 Å². The number of halogens is 1. The van der Waals surface area contributed by atoms with Gasteiger partial charge in [-0.25, -0.2) is 14.5 Å². The molecule has 0 unspecified atom stereocenters. The number of carbonyl (C=O) groups is 1. The van der Waals surface area contributed by atoms with Crippen molar-refractivity contribution in [3.05, 3.63) is 77.1 Å². The standard InChI is InChI=1S/C30H33ClN6O2/c1-20-8-10-24(18-21(20)2)33-30(38)36(25-6-4-5-7-25)16-17-37-29(23-9-11-27(39-3)26(31)19-23)34-28(35-37)22-12-14-32-15-13-22/h8-15,18-19,25H,4-7,16-17H2,1-3H3,(H,33,38). The second-order valence-corrected chi connectivity index (χ2v) is 10.3. The van der Waals surface area contributed by atoms with E-state index in [0.717, 1.165) is 48.1 Å². The molecule has 0 bridgehead atoms. The van der Waals surface area contributed by atoms with Gasteiger partial charge >= 0.3 is 6.03 Å². The smallest absolute Gasteiger partial charge is 0.322 e. The molecule has 0 saturated heterocycles. The van der Waals surface area contributed by atoms with Gasteiger partial charge in [0.1, 0.15) is 5.75 Å². The quantitative estimate of drug-likeness (QED) is 0.265. The monoisotopic (exact) mass is 544 g/mol. The van der Waals surface area contributed by atoms with E-state index >= 15 is 0 Å². The molecule has 2 aromatic carbocycles. The summed E-state index contributed by atoms with van der Waals surface area (Å²) in [5.41, 5.74) is 4.84. The minimum atomic E-state index is -0.0892. The van der Waals surface area contributed by atoms with Crippen molar-refractivity contribution in [3.63, 3.8) is 0 Å². The van der Waals surface area contributed by atoms with Gasteiger partial charge in [0, 0.05) is 41.8 Å². The van der Waals surface area contributed by atoms with Gasteiger partial charge in [0.25, 0.3) is 0 Å². The van der Waals surface area contributed by atoms with Crippen LogP contribution < -0.4 is 10.1 Å². The minimum absolute atomic E-state index is 0.0892. The fourth-order valence-corrected chi connectivity index (χ4v) is 5.28. The molecule has 0 aliphatic heterocycles. The van der Waals surface area contributed by atoms with Crippen LogP contribution in [0.25, 0.3) is 22.8 Å². The molecule has 39 heavy (non-hydrogen) atoms. The van der Waals surface area contributed by atoms with Crippen molar-refractivity contribution in [2.75, 3.05) is 19.0 Å². The molecule has 2 amide bonds. The van der Waals surface area contributed by atoms with Crippen LogP contribution in [-0.4, -0.2) is 50.4 Å². The van der Waals surface area contributed by atoms with Gasteiger partial charge in [-0.2, -0.15) is 5.10 Å². The first-order chi connectivity index (χ1) is 18.9. The van der Waals surface area contributed by atoms with Gasteiger partial charge in [-0.3, -0.25) is 4.98 Å². The second kappa shape index (κ2) is 11.9. The number of hydrogen-bond acceptors (Lipinski definition) is 5. The zero-order valence-corrected chi connectivity index (χ0v) is 23.3. The van der Waals surface area contributed by atoms with E-state index in [4.69, 9.17) is 26.4 Å². The fraction of sp³-hybridized carbons (Fsp3) is 0.333. The van der Waals surface area contributed by atoms with E-state index in [9.17, 15) is 4.79 Å². The lowest BCUT2D eigenvalue weighted by Gasteiger charge is -2.29.